The molecule has 1 aliphatic carbocycles. The number of H-pyrrole nitrogens is 1. The van der Waals surface area contributed by atoms with Gasteiger partial charge in [-0.05, 0) is 53.8 Å². The molecule has 236 valence electrons. The molecule has 12 nitrogen and oxygen atoms in total. The van der Waals surface area contributed by atoms with Crippen LogP contribution >= 0.6 is 0 Å². The SMILES string of the molecule is Cc1cc(C[C@@H]2OC(=O)c3cnc4c(c3)C[C@@]3(C4)C(=O)Nc4ncc(cc43)/C=C/COCCOCCN(C)C2=O)cc2cn[nH]c12. The molecular formula is C34H34N6O6. The average Bonchev–Trinajstić information content (AvgIpc) is 3.75. The Bertz CT molecular complexity index is 1890. The number of benzene rings is 1. The maximum absolute atomic E-state index is 13.7. The number of aromatic amines is 1. The van der Waals surface area contributed by atoms with Crippen LogP contribution in [0.2, 0.25) is 0 Å². The molecule has 3 aliphatic rings. The van der Waals surface area contributed by atoms with E-state index < -0.39 is 17.5 Å². The van der Waals surface area contributed by atoms with E-state index in [0.717, 1.165) is 44.4 Å². The highest BCUT2D eigenvalue weighted by atomic mass is 16.5. The summed E-state index contributed by atoms with van der Waals surface area (Å²) in [6.45, 7) is 3.70. The van der Waals surface area contributed by atoms with Crippen LogP contribution < -0.4 is 5.32 Å². The molecule has 12 heteroatoms. The number of carbonyl (C=O) groups excluding carboxylic acids is 3. The predicted molar refractivity (Wildman–Crippen MR) is 168 cm³/mol. The molecule has 5 bridgehead atoms. The minimum absolute atomic E-state index is 0.144. The van der Waals surface area contributed by atoms with Crippen molar-refractivity contribution in [1.82, 2.24) is 25.1 Å². The zero-order valence-electron chi connectivity index (χ0n) is 25.7. The molecule has 0 saturated heterocycles. The van der Waals surface area contributed by atoms with Crippen molar-refractivity contribution in [1.29, 1.82) is 0 Å². The molecule has 2 aliphatic heterocycles. The third kappa shape index (κ3) is 5.54. The number of pyridine rings is 2. The number of aryl methyl sites for hydroxylation is 1. The van der Waals surface area contributed by atoms with E-state index in [4.69, 9.17) is 14.2 Å². The van der Waals surface area contributed by atoms with Crippen LogP contribution in [0, 0.1) is 6.92 Å². The van der Waals surface area contributed by atoms with Crippen molar-refractivity contribution in [3.05, 3.63) is 88.0 Å². The summed E-state index contributed by atoms with van der Waals surface area (Å²) >= 11 is 0. The molecule has 7 rings (SSSR count). The summed E-state index contributed by atoms with van der Waals surface area (Å²) in [7, 11) is 1.66. The van der Waals surface area contributed by atoms with Gasteiger partial charge in [-0.2, -0.15) is 5.10 Å². The Morgan fingerprint density at radius 2 is 1.87 bits per heavy atom. The van der Waals surface area contributed by atoms with Crippen molar-refractivity contribution in [3.8, 4) is 0 Å². The van der Waals surface area contributed by atoms with E-state index in [1.54, 1.807) is 25.5 Å². The Morgan fingerprint density at radius 1 is 1.00 bits per heavy atom. The van der Waals surface area contributed by atoms with Gasteiger partial charge in [0.1, 0.15) is 5.82 Å². The van der Waals surface area contributed by atoms with Gasteiger partial charge in [0.05, 0.1) is 49.1 Å². The number of anilines is 1. The third-order valence-electron chi connectivity index (χ3n) is 8.94. The smallest absolute Gasteiger partial charge is 0.340 e. The lowest BCUT2D eigenvalue weighted by Crippen LogP contribution is -2.42. The second-order valence-corrected chi connectivity index (χ2v) is 12.1. The second-order valence-electron chi connectivity index (χ2n) is 12.1. The van der Waals surface area contributed by atoms with Gasteiger partial charge in [-0.25, -0.2) is 9.78 Å². The summed E-state index contributed by atoms with van der Waals surface area (Å²) in [6, 6.07) is 7.60. The predicted octanol–water partition coefficient (Wildman–Crippen LogP) is 2.94. The highest BCUT2D eigenvalue weighted by molar-refractivity contribution is 6.06. The molecule has 0 saturated carbocycles. The maximum Gasteiger partial charge on any atom is 0.340 e. The van der Waals surface area contributed by atoms with Crippen LogP contribution in [-0.2, 0) is 48.5 Å². The van der Waals surface area contributed by atoms with Crippen molar-refractivity contribution in [2.24, 2.45) is 0 Å². The Hall–Kier alpha value is -4.94. The zero-order valence-corrected chi connectivity index (χ0v) is 25.7. The van der Waals surface area contributed by atoms with Crippen LogP contribution in [0.3, 0.4) is 0 Å². The fourth-order valence-corrected chi connectivity index (χ4v) is 6.51. The van der Waals surface area contributed by atoms with E-state index in [1.807, 2.05) is 37.3 Å². The molecule has 4 aromatic rings. The summed E-state index contributed by atoms with van der Waals surface area (Å²) in [5.74, 6) is -0.618. The lowest BCUT2D eigenvalue weighted by molar-refractivity contribution is -0.140. The molecular weight excluding hydrogens is 588 g/mol. The molecule has 2 atom stereocenters. The Labute approximate surface area is 265 Å². The molecule has 0 unspecified atom stereocenters. The van der Waals surface area contributed by atoms with E-state index in [1.165, 1.54) is 11.1 Å². The monoisotopic (exact) mass is 622 g/mol. The van der Waals surface area contributed by atoms with E-state index in [9.17, 15) is 14.4 Å². The minimum atomic E-state index is -1.09. The first-order chi connectivity index (χ1) is 22.3. The number of nitrogens with one attached hydrogen (secondary N) is 2. The Morgan fingerprint density at radius 3 is 2.76 bits per heavy atom. The van der Waals surface area contributed by atoms with Crippen LogP contribution in [0.15, 0.2) is 48.9 Å². The first-order valence-corrected chi connectivity index (χ1v) is 15.3. The van der Waals surface area contributed by atoms with E-state index in [2.05, 4.69) is 25.5 Å². The molecule has 2 N–H and O–H groups in total. The number of aromatic nitrogens is 4. The summed E-state index contributed by atoms with van der Waals surface area (Å²) in [5.41, 5.74) is 5.24. The first-order valence-electron chi connectivity index (χ1n) is 15.3. The molecule has 0 radical (unpaired) electrons. The quantitative estimate of drug-likeness (QED) is 0.322. The van der Waals surface area contributed by atoms with E-state index >= 15 is 0 Å². The number of nitrogens with zero attached hydrogens (tertiary/aromatic N) is 4. The highest BCUT2D eigenvalue weighted by Crippen LogP contribution is 2.46. The second kappa shape index (κ2) is 12.1. The number of hydrogen-bond acceptors (Lipinski definition) is 9. The van der Waals surface area contributed by atoms with Gasteiger partial charge in [0.15, 0.2) is 6.10 Å². The molecule has 0 fully saturated rings. The van der Waals surface area contributed by atoms with Gasteiger partial charge in [-0.1, -0.05) is 18.2 Å². The fourth-order valence-electron chi connectivity index (χ4n) is 6.51. The van der Waals surface area contributed by atoms with Crippen molar-refractivity contribution in [3.63, 3.8) is 0 Å². The van der Waals surface area contributed by atoms with Crippen LogP contribution in [-0.4, -0.2) is 89.0 Å². The highest BCUT2D eigenvalue weighted by Gasteiger charge is 2.52. The van der Waals surface area contributed by atoms with Crippen molar-refractivity contribution in [2.75, 3.05) is 45.3 Å². The minimum Gasteiger partial charge on any atom is -0.448 e. The van der Waals surface area contributed by atoms with Crippen molar-refractivity contribution < 1.29 is 28.6 Å². The number of fused-ring (bicyclic) bond motifs is 3. The van der Waals surface area contributed by atoms with Gasteiger partial charge in [0, 0.05) is 55.5 Å². The molecule has 5 heterocycles. The average molecular weight is 623 g/mol. The van der Waals surface area contributed by atoms with Gasteiger partial charge in [-0.15, -0.1) is 0 Å². The first kappa shape index (κ1) is 29.8. The van der Waals surface area contributed by atoms with Gasteiger partial charge in [0.2, 0.25) is 5.91 Å². The number of cyclic esters (lactones) is 1. The van der Waals surface area contributed by atoms with Crippen LogP contribution in [0.4, 0.5) is 5.82 Å². The lowest BCUT2D eigenvalue weighted by Gasteiger charge is -2.24. The summed E-state index contributed by atoms with van der Waals surface area (Å²) in [5, 5.41) is 10.9. The number of carbonyl (C=O) groups is 3. The lowest BCUT2D eigenvalue weighted by atomic mass is 9.79. The topological polar surface area (TPSA) is 149 Å². The molecule has 3 aromatic heterocycles. The van der Waals surface area contributed by atoms with Crippen molar-refractivity contribution in [2.45, 2.75) is 37.7 Å². The van der Waals surface area contributed by atoms with Crippen LogP contribution in [0.5, 0.6) is 0 Å². The standard InChI is InChI=1S/C34H34N6O6/c1-20-10-22(11-24-19-37-39-29(20)24)13-28-31(41)40(2)5-7-45-9-8-44-6-3-4-21-12-26-30(36-17-21)38-33(43)34(26)15-23-14-25(32(42)46-28)18-35-27(23)16-34/h3-4,10-12,14,17-19,28H,5-9,13,15-16H2,1-2H3,(H,37,39)(H,36,38,43)/b4-3+/t28-,34-/m0/s1. The number of esters is 1. The molecule has 1 spiro atoms. The van der Waals surface area contributed by atoms with E-state index in [-0.39, 0.29) is 23.8 Å². The summed E-state index contributed by atoms with van der Waals surface area (Å²) < 4.78 is 17.3. The van der Waals surface area contributed by atoms with Gasteiger partial charge in [-0.3, -0.25) is 19.7 Å². The Kier molecular flexibility index (Phi) is 7.83. The van der Waals surface area contributed by atoms with Crippen molar-refractivity contribution >= 4 is 40.6 Å². The normalized spacial score (nSPS) is 22.8. The van der Waals surface area contributed by atoms with Gasteiger partial charge < -0.3 is 24.4 Å². The number of amides is 2. The number of likely N-dealkylation sites (N-methyl/N-ethyl adjacent to an activating group) is 1. The van der Waals surface area contributed by atoms with Gasteiger partial charge >= 0.3 is 5.97 Å². The third-order valence-corrected chi connectivity index (χ3v) is 8.94. The molecule has 2 amide bonds. The number of rotatable bonds is 2. The van der Waals surface area contributed by atoms with Crippen LogP contribution in [0.25, 0.3) is 17.0 Å². The molecule has 46 heavy (non-hydrogen) atoms. The molecule has 1 aromatic carbocycles. The summed E-state index contributed by atoms with van der Waals surface area (Å²) in [6.07, 6.45) is 8.54. The maximum atomic E-state index is 13.7. The van der Waals surface area contributed by atoms with E-state index in [0.29, 0.717) is 51.6 Å². The summed E-state index contributed by atoms with van der Waals surface area (Å²) in [4.78, 5) is 51.4. The fraction of sp³-hybridized carbons (Fsp3) is 0.353. The Balaban J connectivity index is 1.20. The number of ether oxygens (including phenoxy) is 3. The van der Waals surface area contributed by atoms with Crippen LogP contribution in [0.1, 0.15) is 43.9 Å². The zero-order chi connectivity index (χ0) is 31.8. The number of hydrogen-bond donors (Lipinski definition) is 2. The largest absolute Gasteiger partial charge is 0.448 e. The van der Waals surface area contributed by atoms with Gasteiger partial charge in [0.25, 0.3) is 5.91 Å².